The summed E-state index contributed by atoms with van der Waals surface area (Å²) in [6, 6.07) is 5.80. The highest BCUT2D eigenvalue weighted by molar-refractivity contribution is 7.10. The second kappa shape index (κ2) is 5.30. The number of piperidine rings is 1. The average molecular weight is 238 g/mol. The molecule has 3 atom stereocenters. The van der Waals surface area contributed by atoms with Gasteiger partial charge in [0.15, 0.2) is 0 Å². The van der Waals surface area contributed by atoms with Crippen molar-refractivity contribution < 1.29 is 0 Å². The molecular formula is C13H22N2S. The minimum Gasteiger partial charge on any atom is -0.322 e. The van der Waals surface area contributed by atoms with Crippen LogP contribution in [0.15, 0.2) is 17.5 Å². The van der Waals surface area contributed by atoms with Gasteiger partial charge in [0.2, 0.25) is 0 Å². The Hall–Kier alpha value is -0.380. The summed E-state index contributed by atoms with van der Waals surface area (Å²) in [6.45, 7) is 5.66. The number of nitrogens with zero attached hydrogens (tertiary/aromatic N) is 1. The second-order valence-electron chi connectivity index (χ2n) is 4.95. The van der Waals surface area contributed by atoms with Crippen molar-refractivity contribution in [2.24, 2.45) is 5.73 Å². The maximum absolute atomic E-state index is 6.26. The van der Waals surface area contributed by atoms with Gasteiger partial charge in [-0.25, -0.2) is 0 Å². The van der Waals surface area contributed by atoms with Crippen molar-refractivity contribution in [2.75, 3.05) is 6.54 Å². The van der Waals surface area contributed by atoms with Crippen LogP contribution in [0.4, 0.5) is 0 Å². The molecule has 16 heavy (non-hydrogen) atoms. The summed E-state index contributed by atoms with van der Waals surface area (Å²) in [7, 11) is 0. The fraction of sp³-hybridized carbons (Fsp3) is 0.692. The number of rotatable bonds is 3. The Bertz CT molecular complexity index is 300. The molecule has 2 rings (SSSR count). The lowest BCUT2D eigenvalue weighted by molar-refractivity contribution is 0.0965. The largest absolute Gasteiger partial charge is 0.322 e. The van der Waals surface area contributed by atoms with Gasteiger partial charge >= 0.3 is 0 Å². The third kappa shape index (κ3) is 2.65. The van der Waals surface area contributed by atoms with E-state index in [0.717, 1.165) is 6.54 Å². The van der Waals surface area contributed by atoms with Crippen molar-refractivity contribution >= 4 is 11.3 Å². The predicted molar refractivity (Wildman–Crippen MR) is 70.7 cm³/mol. The van der Waals surface area contributed by atoms with E-state index in [1.807, 2.05) is 0 Å². The standard InChI is InChI=1S/C13H22N2S/c1-10-5-3-6-11(2)15(10)9-12(14)13-7-4-8-16-13/h4,7-8,10-12H,3,5-6,9,14H2,1-2H3. The summed E-state index contributed by atoms with van der Waals surface area (Å²) < 4.78 is 0. The molecule has 3 unspecified atom stereocenters. The quantitative estimate of drug-likeness (QED) is 0.877. The van der Waals surface area contributed by atoms with Gasteiger partial charge in [-0.15, -0.1) is 11.3 Å². The molecule has 0 aromatic carbocycles. The van der Waals surface area contributed by atoms with E-state index in [0.29, 0.717) is 12.1 Å². The van der Waals surface area contributed by atoms with Gasteiger partial charge < -0.3 is 5.73 Å². The van der Waals surface area contributed by atoms with Gasteiger partial charge in [0.05, 0.1) is 6.04 Å². The zero-order valence-electron chi connectivity index (χ0n) is 10.2. The highest BCUT2D eigenvalue weighted by Gasteiger charge is 2.26. The van der Waals surface area contributed by atoms with Crippen LogP contribution in [0.1, 0.15) is 44.0 Å². The number of thiophene rings is 1. The summed E-state index contributed by atoms with van der Waals surface area (Å²) in [5.74, 6) is 0. The first kappa shape index (κ1) is 12.1. The van der Waals surface area contributed by atoms with Gasteiger partial charge in [0, 0.05) is 23.5 Å². The average Bonchev–Trinajstić information content (AvgIpc) is 2.76. The first-order valence-corrected chi connectivity index (χ1v) is 7.11. The fourth-order valence-corrected chi connectivity index (χ4v) is 3.37. The highest BCUT2D eigenvalue weighted by atomic mass is 32.1. The van der Waals surface area contributed by atoms with Crippen LogP contribution in [0.5, 0.6) is 0 Å². The predicted octanol–water partition coefficient (Wildman–Crippen LogP) is 3.01. The molecule has 0 saturated carbocycles. The molecule has 0 amide bonds. The van der Waals surface area contributed by atoms with Gasteiger partial charge in [0.1, 0.15) is 0 Å². The maximum Gasteiger partial charge on any atom is 0.0519 e. The summed E-state index contributed by atoms with van der Waals surface area (Å²) in [6.07, 6.45) is 4.01. The summed E-state index contributed by atoms with van der Waals surface area (Å²) >= 11 is 1.77. The Morgan fingerprint density at radius 3 is 2.69 bits per heavy atom. The van der Waals surface area contributed by atoms with Gasteiger partial charge in [-0.05, 0) is 38.1 Å². The van der Waals surface area contributed by atoms with Crippen molar-refractivity contribution in [1.82, 2.24) is 4.90 Å². The van der Waals surface area contributed by atoms with Crippen molar-refractivity contribution in [3.63, 3.8) is 0 Å². The van der Waals surface area contributed by atoms with E-state index in [-0.39, 0.29) is 6.04 Å². The Labute approximate surface area is 102 Å². The van der Waals surface area contributed by atoms with Crippen LogP contribution in [0.3, 0.4) is 0 Å². The van der Waals surface area contributed by atoms with Crippen LogP contribution in [0, 0.1) is 0 Å². The third-order valence-corrected chi connectivity index (χ3v) is 4.70. The van der Waals surface area contributed by atoms with Crippen molar-refractivity contribution in [1.29, 1.82) is 0 Å². The van der Waals surface area contributed by atoms with E-state index in [9.17, 15) is 0 Å². The molecule has 0 bridgehead atoms. The summed E-state index contributed by atoms with van der Waals surface area (Å²) in [4.78, 5) is 3.89. The van der Waals surface area contributed by atoms with E-state index in [2.05, 4.69) is 36.3 Å². The molecule has 0 radical (unpaired) electrons. The smallest absolute Gasteiger partial charge is 0.0519 e. The summed E-state index contributed by atoms with van der Waals surface area (Å²) in [5.41, 5.74) is 6.26. The Balaban J connectivity index is 1.97. The lowest BCUT2D eigenvalue weighted by atomic mass is 9.97. The number of hydrogen-bond acceptors (Lipinski definition) is 3. The molecule has 2 nitrogen and oxygen atoms in total. The Kier molecular flexibility index (Phi) is 4.00. The molecule has 1 aliphatic rings. The normalized spacial score (nSPS) is 29.2. The molecule has 0 aliphatic carbocycles. The summed E-state index contributed by atoms with van der Waals surface area (Å²) in [5, 5.41) is 2.11. The highest BCUT2D eigenvalue weighted by Crippen LogP contribution is 2.26. The van der Waals surface area contributed by atoms with Gasteiger partial charge in [-0.2, -0.15) is 0 Å². The van der Waals surface area contributed by atoms with E-state index >= 15 is 0 Å². The Morgan fingerprint density at radius 2 is 2.12 bits per heavy atom. The fourth-order valence-electron chi connectivity index (χ4n) is 2.65. The molecule has 3 heteroatoms. The van der Waals surface area contributed by atoms with Crippen LogP contribution in [-0.2, 0) is 0 Å². The lowest BCUT2D eigenvalue weighted by Crippen LogP contribution is -2.46. The Morgan fingerprint density at radius 1 is 1.44 bits per heavy atom. The molecule has 1 aliphatic heterocycles. The van der Waals surface area contributed by atoms with Gasteiger partial charge in [-0.3, -0.25) is 4.90 Å². The molecule has 2 heterocycles. The van der Waals surface area contributed by atoms with E-state index in [1.165, 1.54) is 24.1 Å². The van der Waals surface area contributed by atoms with Crippen LogP contribution >= 0.6 is 11.3 Å². The zero-order valence-corrected chi connectivity index (χ0v) is 11.0. The number of likely N-dealkylation sites (tertiary alicyclic amines) is 1. The molecule has 1 aromatic heterocycles. The van der Waals surface area contributed by atoms with E-state index in [1.54, 1.807) is 11.3 Å². The third-order valence-electron chi connectivity index (χ3n) is 3.69. The minimum atomic E-state index is 0.183. The topological polar surface area (TPSA) is 29.3 Å². The first-order chi connectivity index (χ1) is 7.68. The molecule has 90 valence electrons. The molecule has 1 aromatic rings. The monoisotopic (exact) mass is 238 g/mol. The second-order valence-corrected chi connectivity index (χ2v) is 5.93. The molecule has 0 spiro atoms. The van der Waals surface area contributed by atoms with Crippen molar-refractivity contribution in [3.8, 4) is 0 Å². The molecule has 1 fully saturated rings. The van der Waals surface area contributed by atoms with Crippen LogP contribution < -0.4 is 5.73 Å². The molecule has 2 N–H and O–H groups in total. The minimum absolute atomic E-state index is 0.183. The SMILES string of the molecule is CC1CCCC(C)N1CC(N)c1cccs1. The lowest BCUT2D eigenvalue weighted by Gasteiger charge is -2.40. The van der Waals surface area contributed by atoms with E-state index in [4.69, 9.17) is 5.73 Å². The maximum atomic E-state index is 6.26. The number of hydrogen-bond donors (Lipinski definition) is 1. The number of nitrogens with two attached hydrogens (primary N) is 1. The van der Waals surface area contributed by atoms with Crippen LogP contribution in [0.25, 0.3) is 0 Å². The van der Waals surface area contributed by atoms with E-state index < -0.39 is 0 Å². The van der Waals surface area contributed by atoms with Crippen molar-refractivity contribution in [3.05, 3.63) is 22.4 Å². The molecule has 1 saturated heterocycles. The van der Waals surface area contributed by atoms with Gasteiger partial charge in [-0.1, -0.05) is 12.5 Å². The van der Waals surface area contributed by atoms with Crippen LogP contribution in [0.2, 0.25) is 0 Å². The zero-order chi connectivity index (χ0) is 11.5. The van der Waals surface area contributed by atoms with Crippen molar-refractivity contribution in [2.45, 2.75) is 51.2 Å². The van der Waals surface area contributed by atoms with Gasteiger partial charge in [0.25, 0.3) is 0 Å². The van der Waals surface area contributed by atoms with Crippen LogP contribution in [-0.4, -0.2) is 23.5 Å². The first-order valence-electron chi connectivity index (χ1n) is 6.23. The molecular weight excluding hydrogens is 216 g/mol.